The molecule has 0 bridgehead atoms. The van der Waals surface area contributed by atoms with Crippen LogP contribution in [0, 0.1) is 0 Å². The molecule has 0 aromatic carbocycles. The monoisotopic (exact) mass is 305 g/mol. The average Bonchev–Trinajstić information content (AvgIpc) is 3.06. The van der Waals surface area contributed by atoms with Crippen molar-refractivity contribution in [3.63, 3.8) is 0 Å². The van der Waals surface area contributed by atoms with E-state index < -0.39 is 0 Å². The summed E-state index contributed by atoms with van der Waals surface area (Å²) < 4.78 is 1.98. The molecule has 5 nitrogen and oxygen atoms in total. The van der Waals surface area contributed by atoms with Crippen molar-refractivity contribution in [3.05, 3.63) is 71.9 Å². The number of nitrogens with zero attached hydrogens (tertiary/aromatic N) is 4. The summed E-state index contributed by atoms with van der Waals surface area (Å²) in [4.78, 5) is 8.59. The second-order valence-corrected chi connectivity index (χ2v) is 5.83. The second kappa shape index (κ2) is 6.30. The molecule has 3 heterocycles. The van der Waals surface area contributed by atoms with Crippen molar-refractivity contribution >= 4 is 0 Å². The molecule has 0 radical (unpaired) electrons. The van der Waals surface area contributed by atoms with Crippen molar-refractivity contribution in [1.82, 2.24) is 25.1 Å². The number of aromatic nitrogens is 4. The van der Waals surface area contributed by atoms with Gasteiger partial charge in [0, 0.05) is 36.7 Å². The van der Waals surface area contributed by atoms with Gasteiger partial charge in [-0.05, 0) is 43.0 Å². The molecular formula is C18H19N5. The lowest BCUT2D eigenvalue weighted by Crippen LogP contribution is -2.25. The molecule has 0 aliphatic heterocycles. The summed E-state index contributed by atoms with van der Waals surface area (Å²) in [6.45, 7) is 0.826. The lowest BCUT2D eigenvalue weighted by molar-refractivity contribution is 0.454. The summed E-state index contributed by atoms with van der Waals surface area (Å²) in [5.74, 6) is 0.890. The van der Waals surface area contributed by atoms with Crippen LogP contribution in [0.4, 0.5) is 0 Å². The third-order valence-corrected chi connectivity index (χ3v) is 4.32. The highest BCUT2D eigenvalue weighted by atomic mass is 15.3. The highest BCUT2D eigenvalue weighted by Crippen LogP contribution is 2.30. The molecule has 0 spiro atoms. The molecule has 0 saturated heterocycles. The molecule has 1 atom stereocenters. The van der Waals surface area contributed by atoms with E-state index in [9.17, 15) is 0 Å². The Morgan fingerprint density at radius 3 is 2.96 bits per heavy atom. The molecule has 0 fully saturated rings. The standard InChI is InChI=1S/C18H19N5/c1-2-10-20-18(8-1)23-17-7-3-6-16(15(17)13-22-23)21-12-14-5-4-9-19-11-14/h1-2,4-5,8-11,13,16,21H,3,6-7,12H2/t16-/m0/s1. The summed E-state index contributed by atoms with van der Waals surface area (Å²) in [6, 6.07) is 10.3. The maximum absolute atomic E-state index is 4.58. The Balaban J connectivity index is 1.56. The van der Waals surface area contributed by atoms with E-state index in [1.807, 2.05) is 47.5 Å². The Morgan fingerprint density at radius 2 is 2.13 bits per heavy atom. The van der Waals surface area contributed by atoms with Crippen LogP contribution in [-0.4, -0.2) is 19.7 Å². The Hall–Kier alpha value is -2.53. The number of rotatable bonds is 4. The summed E-state index contributed by atoms with van der Waals surface area (Å²) in [5, 5.41) is 8.22. The van der Waals surface area contributed by atoms with Gasteiger partial charge in [-0.25, -0.2) is 9.67 Å². The molecular weight excluding hydrogens is 286 g/mol. The first-order chi connectivity index (χ1) is 11.4. The third kappa shape index (κ3) is 2.87. The maximum Gasteiger partial charge on any atom is 0.153 e. The quantitative estimate of drug-likeness (QED) is 0.805. The highest BCUT2D eigenvalue weighted by Gasteiger charge is 2.24. The first-order valence-corrected chi connectivity index (χ1v) is 8.02. The van der Waals surface area contributed by atoms with E-state index in [2.05, 4.69) is 26.4 Å². The van der Waals surface area contributed by atoms with Crippen molar-refractivity contribution in [3.8, 4) is 5.82 Å². The van der Waals surface area contributed by atoms with Gasteiger partial charge >= 0.3 is 0 Å². The lowest BCUT2D eigenvalue weighted by Gasteiger charge is -2.24. The zero-order chi connectivity index (χ0) is 15.5. The molecule has 1 aliphatic rings. The molecule has 0 saturated carbocycles. The van der Waals surface area contributed by atoms with Crippen LogP contribution in [0.5, 0.6) is 0 Å². The fourth-order valence-electron chi connectivity index (χ4n) is 3.19. The largest absolute Gasteiger partial charge is 0.306 e. The van der Waals surface area contributed by atoms with Crippen molar-refractivity contribution in [2.24, 2.45) is 0 Å². The zero-order valence-electron chi connectivity index (χ0n) is 12.9. The van der Waals surface area contributed by atoms with Crippen LogP contribution in [0.3, 0.4) is 0 Å². The van der Waals surface area contributed by atoms with E-state index in [0.717, 1.165) is 31.6 Å². The number of pyridine rings is 2. The van der Waals surface area contributed by atoms with Crippen LogP contribution >= 0.6 is 0 Å². The number of fused-ring (bicyclic) bond motifs is 1. The molecule has 4 rings (SSSR count). The molecule has 1 N–H and O–H groups in total. The minimum Gasteiger partial charge on any atom is -0.306 e. The van der Waals surface area contributed by atoms with Gasteiger partial charge in [-0.2, -0.15) is 5.10 Å². The minimum absolute atomic E-state index is 0.344. The van der Waals surface area contributed by atoms with E-state index in [0.29, 0.717) is 6.04 Å². The Kier molecular flexibility index (Phi) is 3.86. The van der Waals surface area contributed by atoms with Crippen LogP contribution in [0.2, 0.25) is 0 Å². The Labute approximate surface area is 135 Å². The molecule has 5 heteroatoms. The van der Waals surface area contributed by atoms with E-state index >= 15 is 0 Å². The highest BCUT2D eigenvalue weighted by molar-refractivity contribution is 5.32. The van der Waals surface area contributed by atoms with Gasteiger partial charge in [-0.15, -0.1) is 0 Å². The van der Waals surface area contributed by atoms with E-state index in [1.165, 1.54) is 16.8 Å². The average molecular weight is 305 g/mol. The molecule has 116 valence electrons. The smallest absolute Gasteiger partial charge is 0.153 e. The Morgan fingerprint density at radius 1 is 1.13 bits per heavy atom. The molecule has 1 aliphatic carbocycles. The first kappa shape index (κ1) is 14.1. The second-order valence-electron chi connectivity index (χ2n) is 5.83. The van der Waals surface area contributed by atoms with Gasteiger partial charge in [0.2, 0.25) is 0 Å². The molecule has 23 heavy (non-hydrogen) atoms. The summed E-state index contributed by atoms with van der Waals surface area (Å²) in [5.41, 5.74) is 3.78. The van der Waals surface area contributed by atoms with E-state index in [-0.39, 0.29) is 0 Å². The lowest BCUT2D eigenvalue weighted by atomic mass is 9.93. The summed E-state index contributed by atoms with van der Waals surface area (Å²) in [6.07, 6.45) is 10.9. The Bertz CT molecular complexity index is 767. The summed E-state index contributed by atoms with van der Waals surface area (Å²) in [7, 11) is 0. The van der Waals surface area contributed by atoms with Gasteiger partial charge in [0.25, 0.3) is 0 Å². The first-order valence-electron chi connectivity index (χ1n) is 8.02. The van der Waals surface area contributed by atoms with Gasteiger partial charge in [-0.1, -0.05) is 12.1 Å². The van der Waals surface area contributed by atoms with Crippen molar-refractivity contribution in [1.29, 1.82) is 0 Å². The maximum atomic E-state index is 4.58. The van der Waals surface area contributed by atoms with Crippen LogP contribution in [0.15, 0.2) is 55.1 Å². The predicted octanol–water partition coefficient (Wildman–Crippen LogP) is 2.83. The summed E-state index contributed by atoms with van der Waals surface area (Å²) >= 11 is 0. The third-order valence-electron chi connectivity index (χ3n) is 4.32. The predicted molar refractivity (Wildman–Crippen MR) is 88.1 cm³/mol. The zero-order valence-corrected chi connectivity index (χ0v) is 12.9. The number of hydrogen-bond donors (Lipinski definition) is 1. The van der Waals surface area contributed by atoms with Gasteiger partial charge < -0.3 is 5.32 Å². The van der Waals surface area contributed by atoms with Crippen LogP contribution in [-0.2, 0) is 13.0 Å². The van der Waals surface area contributed by atoms with Gasteiger partial charge in [-0.3, -0.25) is 4.98 Å². The van der Waals surface area contributed by atoms with Gasteiger partial charge in [0.1, 0.15) is 0 Å². The van der Waals surface area contributed by atoms with Crippen LogP contribution in [0.1, 0.15) is 35.7 Å². The van der Waals surface area contributed by atoms with Crippen LogP contribution < -0.4 is 5.32 Å². The normalized spacial score (nSPS) is 17.0. The van der Waals surface area contributed by atoms with Gasteiger partial charge in [0.05, 0.1) is 11.9 Å². The van der Waals surface area contributed by atoms with Crippen molar-refractivity contribution in [2.75, 3.05) is 0 Å². The van der Waals surface area contributed by atoms with E-state index in [1.54, 1.807) is 6.20 Å². The SMILES string of the molecule is c1ccc(-n2ncc3c2CCC[C@@H]3NCc2cccnc2)nc1. The molecule has 0 unspecified atom stereocenters. The topological polar surface area (TPSA) is 55.6 Å². The molecule has 3 aromatic heterocycles. The van der Waals surface area contributed by atoms with Crippen molar-refractivity contribution in [2.45, 2.75) is 31.8 Å². The van der Waals surface area contributed by atoms with E-state index in [4.69, 9.17) is 0 Å². The molecule has 0 amide bonds. The van der Waals surface area contributed by atoms with Crippen LogP contribution in [0.25, 0.3) is 5.82 Å². The van der Waals surface area contributed by atoms with Gasteiger partial charge in [0.15, 0.2) is 5.82 Å². The number of hydrogen-bond acceptors (Lipinski definition) is 4. The fraction of sp³-hybridized carbons (Fsp3) is 0.278. The number of nitrogens with one attached hydrogen (secondary N) is 1. The molecule has 3 aromatic rings. The fourth-order valence-corrected chi connectivity index (χ4v) is 3.19. The minimum atomic E-state index is 0.344. The van der Waals surface area contributed by atoms with Crippen molar-refractivity contribution < 1.29 is 0 Å².